The van der Waals surface area contributed by atoms with E-state index in [9.17, 15) is 0 Å². The van der Waals surface area contributed by atoms with Crippen LogP contribution in [-0.2, 0) is 0 Å². The van der Waals surface area contributed by atoms with Gasteiger partial charge in [-0.05, 0) is 5.41 Å². The van der Waals surface area contributed by atoms with Gasteiger partial charge in [-0.15, -0.1) is 0 Å². The largest absolute Gasteiger partial charge is 0.110 e. The molecule has 45 valence electrons. The molecule has 0 bridgehead atoms. The molecule has 0 aromatic carbocycles. The third kappa shape index (κ3) is 1.07. The Kier molecular flexibility index (Phi) is 1.38. The fraction of sp³-hybridized carbons (Fsp3) is 1.00. The molecule has 1 saturated heterocycles. The molecule has 0 aliphatic carbocycles. The Balaban J connectivity index is 2.34. The molecule has 0 amide bonds. The fourth-order valence-electron chi connectivity index (χ4n) is 1.04. The van der Waals surface area contributed by atoms with Crippen molar-refractivity contribution < 1.29 is 0 Å². The normalized spacial score (nSPS) is 21.9. The van der Waals surface area contributed by atoms with Gasteiger partial charge in [0.25, 0.3) is 0 Å². The predicted molar refractivity (Wildman–Crippen MR) is 38.3 cm³/mol. The molecule has 1 fully saturated rings. The van der Waals surface area contributed by atoms with Gasteiger partial charge in [-0.3, -0.25) is 0 Å². The van der Waals surface area contributed by atoms with Crippen molar-refractivity contribution >= 4 is 7.28 Å². The smallest absolute Gasteiger partial charge is 0.0777 e. The van der Waals surface area contributed by atoms with Crippen LogP contribution in [0.25, 0.3) is 0 Å². The van der Waals surface area contributed by atoms with Gasteiger partial charge in [-0.25, -0.2) is 0 Å². The highest BCUT2D eigenvalue weighted by molar-refractivity contribution is 6.39. The van der Waals surface area contributed by atoms with E-state index in [0.29, 0.717) is 5.41 Å². The highest BCUT2D eigenvalue weighted by Crippen LogP contribution is 2.38. The Morgan fingerprint density at radius 1 is 1.25 bits per heavy atom. The lowest BCUT2D eigenvalue weighted by Gasteiger charge is -2.37. The standard InChI is InChI=1S/C7H14B/c1-7(2,3)6-4-8-5-6/h6H,4-5H2,1-3H3. The maximum absolute atomic E-state index is 2.37. The van der Waals surface area contributed by atoms with Crippen LogP contribution in [0.3, 0.4) is 0 Å². The SMILES string of the molecule is CC(C)(C)C1C[B]C1. The second-order valence-electron chi connectivity index (χ2n) is 3.82. The molecule has 0 N–H and O–H groups in total. The van der Waals surface area contributed by atoms with Crippen LogP contribution in [0.1, 0.15) is 20.8 Å². The molecule has 1 radical (unpaired) electrons. The van der Waals surface area contributed by atoms with E-state index in [2.05, 4.69) is 28.1 Å². The molecule has 0 nitrogen and oxygen atoms in total. The molecule has 0 atom stereocenters. The lowest BCUT2D eigenvalue weighted by Crippen LogP contribution is -2.30. The van der Waals surface area contributed by atoms with E-state index in [-0.39, 0.29) is 0 Å². The van der Waals surface area contributed by atoms with E-state index in [1.54, 1.807) is 0 Å². The first kappa shape index (κ1) is 6.19. The van der Waals surface area contributed by atoms with E-state index in [0.717, 1.165) is 5.92 Å². The Labute approximate surface area is 52.9 Å². The molecular formula is C7H14B. The minimum Gasteiger partial charge on any atom is -0.0777 e. The maximum atomic E-state index is 2.37. The summed E-state index contributed by atoms with van der Waals surface area (Å²) in [6.45, 7) is 6.97. The summed E-state index contributed by atoms with van der Waals surface area (Å²) in [4.78, 5) is 0. The first-order chi connectivity index (χ1) is 3.61. The van der Waals surface area contributed by atoms with Crippen molar-refractivity contribution in [1.29, 1.82) is 0 Å². The maximum Gasteiger partial charge on any atom is 0.110 e. The lowest BCUT2D eigenvalue weighted by molar-refractivity contribution is 0.264. The number of hydrogen-bond donors (Lipinski definition) is 0. The van der Waals surface area contributed by atoms with Crippen molar-refractivity contribution in [1.82, 2.24) is 0 Å². The first-order valence-corrected chi connectivity index (χ1v) is 3.42. The minimum absolute atomic E-state index is 0.564. The Bertz CT molecular complexity index is 76.9. The molecular weight excluding hydrogens is 94.9 g/mol. The van der Waals surface area contributed by atoms with Crippen LogP contribution in [-0.4, -0.2) is 7.28 Å². The molecule has 0 saturated carbocycles. The van der Waals surface area contributed by atoms with Crippen LogP contribution in [0.15, 0.2) is 0 Å². The van der Waals surface area contributed by atoms with Crippen LogP contribution in [0.5, 0.6) is 0 Å². The first-order valence-electron chi connectivity index (χ1n) is 3.42. The second kappa shape index (κ2) is 1.79. The summed E-state index contributed by atoms with van der Waals surface area (Å²) in [5.41, 5.74) is 0.564. The van der Waals surface area contributed by atoms with Gasteiger partial charge in [-0.2, -0.15) is 0 Å². The van der Waals surface area contributed by atoms with E-state index < -0.39 is 0 Å². The Morgan fingerprint density at radius 2 is 1.75 bits per heavy atom. The lowest BCUT2D eigenvalue weighted by atomic mass is 9.45. The van der Waals surface area contributed by atoms with Crippen LogP contribution in [0.2, 0.25) is 12.6 Å². The van der Waals surface area contributed by atoms with Gasteiger partial charge in [0.1, 0.15) is 7.28 Å². The number of rotatable bonds is 0. The third-order valence-corrected chi connectivity index (χ3v) is 2.13. The average Bonchev–Trinajstić information content (AvgIpc) is 1.16. The molecule has 1 heterocycles. The molecule has 0 aromatic rings. The van der Waals surface area contributed by atoms with E-state index in [1.807, 2.05) is 0 Å². The molecule has 0 aromatic heterocycles. The minimum atomic E-state index is 0.564. The van der Waals surface area contributed by atoms with Gasteiger partial charge in [0, 0.05) is 0 Å². The van der Waals surface area contributed by atoms with E-state index in [4.69, 9.17) is 0 Å². The molecule has 0 unspecified atom stereocenters. The second-order valence-corrected chi connectivity index (χ2v) is 3.82. The zero-order chi connectivity index (χ0) is 6.20. The summed E-state index contributed by atoms with van der Waals surface area (Å²) in [6.07, 6.45) is 2.70. The highest BCUT2D eigenvalue weighted by atomic mass is 14.3. The van der Waals surface area contributed by atoms with Crippen molar-refractivity contribution in [2.75, 3.05) is 0 Å². The van der Waals surface area contributed by atoms with Crippen molar-refractivity contribution in [3.63, 3.8) is 0 Å². The fourth-order valence-corrected chi connectivity index (χ4v) is 1.04. The zero-order valence-electron chi connectivity index (χ0n) is 6.07. The Hall–Kier alpha value is 0.0649. The van der Waals surface area contributed by atoms with Gasteiger partial charge in [0.15, 0.2) is 0 Å². The topological polar surface area (TPSA) is 0 Å². The number of hydrogen-bond acceptors (Lipinski definition) is 0. The molecule has 0 spiro atoms. The monoisotopic (exact) mass is 109 g/mol. The molecule has 1 heteroatoms. The van der Waals surface area contributed by atoms with Crippen LogP contribution >= 0.6 is 0 Å². The van der Waals surface area contributed by atoms with Gasteiger partial charge in [0.2, 0.25) is 0 Å². The van der Waals surface area contributed by atoms with E-state index in [1.165, 1.54) is 12.6 Å². The zero-order valence-corrected chi connectivity index (χ0v) is 6.07. The van der Waals surface area contributed by atoms with Crippen molar-refractivity contribution in [3.05, 3.63) is 0 Å². The summed E-state index contributed by atoms with van der Waals surface area (Å²) < 4.78 is 0. The van der Waals surface area contributed by atoms with Crippen LogP contribution < -0.4 is 0 Å². The quantitative estimate of drug-likeness (QED) is 0.418. The molecule has 1 rings (SSSR count). The summed E-state index contributed by atoms with van der Waals surface area (Å²) >= 11 is 0. The predicted octanol–water partition coefficient (Wildman–Crippen LogP) is 2.20. The summed E-state index contributed by atoms with van der Waals surface area (Å²) in [5, 5.41) is 0. The van der Waals surface area contributed by atoms with Crippen LogP contribution in [0, 0.1) is 11.3 Å². The third-order valence-electron chi connectivity index (χ3n) is 2.13. The van der Waals surface area contributed by atoms with Crippen LogP contribution in [0.4, 0.5) is 0 Å². The molecule has 1 aliphatic rings. The molecule has 8 heavy (non-hydrogen) atoms. The van der Waals surface area contributed by atoms with Gasteiger partial charge >= 0.3 is 0 Å². The average molecular weight is 109 g/mol. The van der Waals surface area contributed by atoms with Crippen molar-refractivity contribution in [2.45, 2.75) is 33.4 Å². The van der Waals surface area contributed by atoms with Gasteiger partial charge in [-0.1, -0.05) is 39.3 Å². The van der Waals surface area contributed by atoms with Crippen molar-refractivity contribution in [3.8, 4) is 0 Å². The summed E-state index contributed by atoms with van der Waals surface area (Å²) in [6, 6.07) is 0. The van der Waals surface area contributed by atoms with Gasteiger partial charge < -0.3 is 0 Å². The van der Waals surface area contributed by atoms with E-state index >= 15 is 0 Å². The van der Waals surface area contributed by atoms with Gasteiger partial charge in [0.05, 0.1) is 0 Å². The summed E-state index contributed by atoms with van der Waals surface area (Å²) in [7, 11) is 2.37. The summed E-state index contributed by atoms with van der Waals surface area (Å²) in [5.74, 6) is 0.975. The molecule has 1 aliphatic heterocycles. The van der Waals surface area contributed by atoms with Crippen molar-refractivity contribution in [2.24, 2.45) is 11.3 Å². The highest BCUT2D eigenvalue weighted by Gasteiger charge is 2.29. The Morgan fingerprint density at radius 3 is 1.75 bits per heavy atom.